The summed E-state index contributed by atoms with van der Waals surface area (Å²) in [6.45, 7) is 6.62. The molecule has 1 N–H and O–H groups in total. The summed E-state index contributed by atoms with van der Waals surface area (Å²) in [5.74, 6) is -0.0436. The lowest BCUT2D eigenvalue weighted by Crippen LogP contribution is -2.31. The number of hydrogen-bond acceptors (Lipinski definition) is 7. The number of aliphatic carboxylic acids is 1. The highest BCUT2D eigenvalue weighted by Crippen LogP contribution is 2.32. The highest BCUT2D eigenvalue weighted by Gasteiger charge is 2.31. The zero-order chi connectivity index (χ0) is 24.0. The van der Waals surface area contributed by atoms with E-state index in [1.807, 2.05) is 13.8 Å². The molecule has 2 aromatic heterocycles. The van der Waals surface area contributed by atoms with Gasteiger partial charge in [0, 0.05) is 19.5 Å². The molecular weight excluding hydrogens is 426 g/mol. The lowest BCUT2D eigenvalue weighted by Gasteiger charge is -2.28. The Hall–Kier alpha value is -3.10. The van der Waals surface area contributed by atoms with Crippen LogP contribution in [0.4, 0.5) is 4.79 Å². The molecule has 0 saturated heterocycles. The van der Waals surface area contributed by atoms with Crippen molar-refractivity contribution in [3.8, 4) is 17.2 Å². The number of nitrogens with zero attached hydrogens (tertiary/aromatic N) is 3. The number of carboxylic acid groups (broad SMARTS) is 1. The van der Waals surface area contributed by atoms with Gasteiger partial charge in [-0.3, -0.25) is 4.79 Å². The van der Waals surface area contributed by atoms with Gasteiger partial charge in [0.25, 0.3) is 0 Å². The highest BCUT2D eigenvalue weighted by molar-refractivity contribution is 5.70. The second-order valence-corrected chi connectivity index (χ2v) is 8.63. The molecule has 0 spiro atoms. The van der Waals surface area contributed by atoms with Crippen LogP contribution in [-0.4, -0.2) is 52.4 Å². The maximum Gasteiger partial charge on any atom is 0.409 e. The number of aryl methyl sites for hydroxylation is 2. The van der Waals surface area contributed by atoms with E-state index >= 15 is 0 Å². The predicted molar refractivity (Wildman–Crippen MR) is 121 cm³/mol. The van der Waals surface area contributed by atoms with E-state index in [0.717, 1.165) is 25.7 Å². The van der Waals surface area contributed by atoms with Gasteiger partial charge in [0.15, 0.2) is 5.76 Å². The maximum absolute atomic E-state index is 12.1. The first-order valence-electron chi connectivity index (χ1n) is 11.5. The van der Waals surface area contributed by atoms with Gasteiger partial charge < -0.3 is 24.0 Å². The Morgan fingerprint density at radius 2 is 1.97 bits per heavy atom. The molecule has 3 rings (SSSR count). The van der Waals surface area contributed by atoms with Crippen LogP contribution in [0.2, 0.25) is 0 Å². The minimum Gasteiger partial charge on any atom is -0.491 e. The van der Waals surface area contributed by atoms with Crippen LogP contribution >= 0.6 is 0 Å². The first-order chi connectivity index (χ1) is 15.8. The van der Waals surface area contributed by atoms with Crippen LogP contribution in [0.25, 0.3) is 11.5 Å². The monoisotopic (exact) mass is 459 g/mol. The summed E-state index contributed by atoms with van der Waals surface area (Å²) in [5, 5.41) is 13.5. The Balaban J connectivity index is 1.68. The molecule has 9 nitrogen and oxygen atoms in total. The predicted octanol–water partition coefficient (Wildman–Crippen LogP) is 4.60. The van der Waals surface area contributed by atoms with Crippen LogP contribution in [0.15, 0.2) is 16.7 Å². The molecule has 1 fully saturated rings. The van der Waals surface area contributed by atoms with Crippen molar-refractivity contribution in [1.29, 1.82) is 0 Å². The van der Waals surface area contributed by atoms with E-state index in [1.165, 1.54) is 4.90 Å². The Morgan fingerprint density at radius 1 is 1.21 bits per heavy atom. The quantitative estimate of drug-likeness (QED) is 0.578. The molecule has 9 heteroatoms. The molecule has 2 unspecified atom stereocenters. The standard InChI is InChI=1S/C24H33N3O6/c1-5-12-27(4)24(30)32-14-19-15(2)26-33-22(19)20-10-11-21(16(3)25-20)31-13-17-8-6-7-9-18(17)23(28)29/h10-11,17-18H,5-9,12-14H2,1-4H3,(H,28,29). The fraction of sp³-hybridized carbons (Fsp3) is 0.583. The van der Waals surface area contributed by atoms with E-state index in [2.05, 4.69) is 10.1 Å². The van der Waals surface area contributed by atoms with E-state index in [4.69, 9.17) is 14.0 Å². The number of hydrogen-bond donors (Lipinski definition) is 1. The second kappa shape index (κ2) is 11.2. The lowest BCUT2D eigenvalue weighted by molar-refractivity contribution is -0.145. The summed E-state index contributed by atoms with van der Waals surface area (Å²) < 4.78 is 16.9. The first kappa shape index (κ1) is 24.5. The molecule has 180 valence electrons. The van der Waals surface area contributed by atoms with Gasteiger partial charge in [0.1, 0.15) is 18.1 Å². The Labute approximate surface area is 194 Å². The summed E-state index contributed by atoms with van der Waals surface area (Å²) in [5.41, 5.74) is 2.53. The molecule has 1 amide bonds. The maximum atomic E-state index is 12.1. The van der Waals surface area contributed by atoms with Crippen LogP contribution in [0, 0.1) is 25.7 Å². The Kier molecular flexibility index (Phi) is 8.30. The molecule has 33 heavy (non-hydrogen) atoms. The van der Waals surface area contributed by atoms with Gasteiger partial charge in [-0.05, 0) is 45.2 Å². The Bertz CT molecular complexity index is 973. The minimum absolute atomic E-state index is 0.000576. The number of rotatable bonds is 9. The van der Waals surface area contributed by atoms with Gasteiger partial charge in [0.05, 0.1) is 29.5 Å². The molecule has 1 aliphatic rings. The molecule has 2 heterocycles. The molecule has 0 radical (unpaired) electrons. The van der Waals surface area contributed by atoms with Crippen molar-refractivity contribution < 1.29 is 28.7 Å². The normalized spacial score (nSPS) is 18.1. The van der Waals surface area contributed by atoms with Crippen LogP contribution < -0.4 is 4.74 Å². The average Bonchev–Trinajstić information content (AvgIpc) is 3.17. The number of amides is 1. The summed E-state index contributed by atoms with van der Waals surface area (Å²) in [6.07, 6.45) is 3.98. The number of ether oxygens (including phenoxy) is 2. The van der Waals surface area contributed by atoms with Gasteiger partial charge in [-0.1, -0.05) is 24.9 Å². The number of aromatic nitrogens is 2. The van der Waals surface area contributed by atoms with Gasteiger partial charge in [-0.25, -0.2) is 9.78 Å². The van der Waals surface area contributed by atoms with Gasteiger partial charge in [0.2, 0.25) is 0 Å². The van der Waals surface area contributed by atoms with E-state index in [9.17, 15) is 14.7 Å². The molecule has 1 saturated carbocycles. The van der Waals surface area contributed by atoms with E-state index in [-0.39, 0.29) is 18.4 Å². The van der Waals surface area contributed by atoms with Crippen molar-refractivity contribution in [2.75, 3.05) is 20.2 Å². The fourth-order valence-corrected chi connectivity index (χ4v) is 4.19. The number of pyridine rings is 1. The van der Waals surface area contributed by atoms with Crippen molar-refractivity contribution >= 4 is 12.1 Å². The fourth-order valence-electron chi connectivity index (χ4n) is 4.19. The SMILES string of the molecule is CCCN(C)C(=O)OCc1c(C)noc1-c1ccc(OCC2CCCCC2C(=O)O)c(C)n1. The van der Waals surface area contributed by atoms with Gasteiger partial charge in [-0.2, -0.15) is 0 Å². The summed E-state index contributed by atoms with van der Waals surface area (Å²) >= 11 is 0. The van der Waals surface area contributed by atoms with Crippen molar-refractivity contribution in [2.45, 2.75) is 59.5 Å². The van der Waals surface area contributed by atoms with Crippen LogP contribution in [0.3, 0.4) is 0 Å². The summed E-state index contributed by atoms with van der Waals surface area (Å²) in [4.78, 5) is 29.8. The molecule has 2 aromatic rings. The highest BCUT2D eigenvalue weighted by atomic mass is 16.6. The van der Waals surface area contributed by atoms with Crippen LogP contribution in [0.1, 0.15) is 56.0 Å². The van der Waals surface area contributed by atoms with E-state index < -0.39 is 12.1 Å². The third-order valence-corrected chi connectivity index (χ3v) is 6.14. The summed E-state index contributed by atoms with van der Waals surface area (Å²) in [7, 11) is 1.70. The average molecular weight is 460 g/mol. The number of carboxylic acids is 1. The number of carbonyl (C=O) groups is 2. The molecule has 0 aliphatic heterocycles. The van der Waals surface area contributed by atoms with Crippen molar-refractivity contribution in [3.05, 3.63) is 29.1 Å². The van der Waals surface area contributed by atoms with Crippen molar-refractivity contribution in [3.63, 3.8) is 0 Å². The Morgan fingerprint density at radius 3 is 2.67 bits per heavy atom. The molecule has 0 aromatic carbocycles. The molecular formula is C24H33N3O6. The molecule has 1 aliphatic carbocycles. The van der Waals surface area contributed by atoms with Gasteiger partial charge in [-0.15, -0.1) is 0 Å². The largest absolute Gasteiger partial charge is 0.491 e. The zero-order valence-electron chi connectivity index (χ0n) is 19.8. The molecule has 0 bridgehead atoms. The van der Waals surface area contributed by atoms with Crippen LogP contribution in [-0.2, 0) is 16.1 Å². The minimum atomic E-state index is -0.747. The lowest BCUT2D eigenvalue weighted by atomic mass is 9.80. The van der Waals surface area contributed by atoms with E-state index in [0.29, 0.717) is 53.7 Å². The van der Waals surface area contributed by atoms with Crippen LogP contribution in [0.5, 0.6) is 5.75 Å². The molecule has 2 atom stereocenters. The van der Waals surface area contributed by atoms with E-state index in [1.54, 1.807) is 26.1 Å². The smallest absolute Gasteiger partial charge is 0.409 e. The van der Waals surface area contributed by atoms with Crippen molar-refractivity contribution in [1.82, 2.24) is 15.0 Å². The number of carbonyl (C=O) groups excluding carboxylic acids is 1. The zero-order valence-corrected chi connectivity index (χ0v) is 19.8. The first-order valence-corrected chi connectivity index (χ1v) is 11.5. The van der Waals surface area contributed by atoms with Crippen molar-refractivity contribution in [2.24, 2.45) is 11.8 Å². The second-order valence-electron chi connectivity index (χ2n) is 8.63. The summed E-state index contributed by atoms with van der Waals surface area (Å²) in [6, 6.07) is 3.57. The third-order valence-electron chi connectivity index (χ3n) is 6.14. The topological polar surface area (TPSA) is 115 Å². The third kappa shape index (κ3) is 6.03. The van der Waals surface area contributed by atoms with Gasteiger partial charge >= 0.3 is 12.1 Å².